The van der Waals surface area contributed by atoms with Gasteiger partial charge >= 0.3 is 0 Å². The van der Waals surface area contributed by atoms with Crippen LogP contribution in [-0.2, 0) is 0 Å². The van der Waals surface area contributed by atoms with Gasteiger partial charge in [-0.15, -0.1) is 6.58 Å². The zero-order valence-electron chi connectivity index (χ0n) is 7.98. The summed E-state index contributed by atoms with van der Waals surface area (Å²) in [5, 5.41) is 0. The number of anilines is 1. The van der Waals surface area contributed by atoms with E-state index in [1.165, 1.54) is 0 Å². The van der Waals surface area contributed by atoms with E-state index in [-0.39, 0.29) is 0 Å². The quantitative estimate of drug-likeness (QED) is 0.643. The molecule has 0 unspecified atom stereocenters. The van der Waals surface area contributed by atoms with E-state index >= 15 is 0 Å². The van der Waals surface area contributed by atoms with Crippen LogP contribution in [0.2, 0.25) is 0 Å². The second-order valence-corrected chi connectivity index (χ2v) is 2.78. The molecule has 1 aromatic heterocycles. The lowest BCUT2D eigenvalue weighted by molar-refractivity contribution is 0.784. The first-order valence-corrected chi connectivity index (χ1v) is 4.51. The van der Waals surface area contributed by atoms with Crippen LogP contribution in [0.25, 0.3) is 0 Å². The zero-order valence-corrected chi connectivity index (χ0v) is 7.98. The molecule has 0 saturated carbocycles. The Morgan fingerprint density at radius 3 is 2.69 bits per heavy atom. The molecule has 0 N–H and O–H groups in total. The molecule has 0 aliphatic rings. The summed E-state index contributed by atoms with van der Waals surface area (Å²) in [4.78, 5) is 10.5. The minimum Gasteiger partial charge on any atom is -0.337 e. The lowest BCUT2D eigenvalue weighted by Crippen LogP contribution is -2.25. The third-order valence-electron chi connectivity index (χ3n) is 1.68. The highest BCUT2D eigenvalue weighted by molar-refractivity contribution is 5.29. The highest BCUT2D eigenvalue weighted by atomic mass is 15.2. The van der Waals surface area contributed by atoms with E-state index < -0.39 is 0 Å². The van der Waals surface area contributed by atoms with Gasteiger partial charge in [-0.1, -0.05) is 13.0 Å². The van der Waals surface area contributed by atoms with Gasteiger partial charge in [0.2, 0.25) is 5.95 Å². The maximum absolute atomic E-state index is 4.18. The van der Waals surface area contributed by atoms with E-state index in [9.17, 15) is 0 Å². The molecule has 0 fully saturated rings. The number of nitrogens with zero attached hydrogens (tertiary/aromatic N) is 3. The topological polar surface area (TPSA) is 29.0 Å². The number of aromatic nitrogens is 2. The van der Waals surface area contributed by atoms with Crippen LogP contribution >= 0.6 is 0 Å². The molecule has 0 aliphatic heterocycles. The van der Waals surface area contributed by atoms with Crippen molar-refractivity contribution in [1.82, 2.24) is 9.97 Å². The van der Waals surface area contributed by atoms with E-state index in [0.717, 1.165) is 25.5 Å². The third kappa shape index (κ3) is 2.86. The molecule has 0 amide bonds. The van der Waals surface area contributed by atoms with Crippen molar-refractivity contribution in [3.63, 3.8) is 0 Å². The van der Waals surface area contributed by atoms with E-state index in [0.29, 0.717) is 0 Å². The number of hydrogen-bond donors (Lipinski definition) is 0. The summed E-state index contributed by atoms with van der Waals surface area (Å²) in [5.74, 6) is 0.782. The predicted octanol–water partition coefficient (Wildman–Crippen LogP) is 1.88. The first kappa shape index (κ1) is 9.71. The predicted molar refractivity (Wildman–Crippen MR) is 54.7 cm³/mol. The van der Waals surface area contributed by atoms with Gasteiger partial charge in [0, 0.05) is 25.5 Å². The molecule has 1 heterocycles. The van der Waals surface area contributed by atoms with Crippen molar-refractivity contribution in [3.05, 3.63) is 31.1 Å². The summed E-state index contributed by atoms with van der Waals surface area (Å²) in [6.07, 6.45) is 6.47. The molecule has 3 nitrogen and oxygen atoms in total. The molecule has 1 rings (SSSR count). The number of rotatable bonds is 5. The Balaban J connectivity index is 2.69. The van der Waals surface area contributed by atoms with Gasteiger partial charge < -0.3 is 4.90 Å². The van der Waals surface area contributed by atoms with Crippen LogP contribution in [0.3, 0.4) is 0 Å². The highest BCUT2D eigenvalue weighted by Gasteiger charge is 2.04. The lowest BCUT2D eigenvalue weighted by Gasteiger charge is -2.19. The van der Waals surface area contributed by atoms with E-state index in [2.05, 4.69) is 28.4 Å². The zero-order chi connectivity index (χ0) is 9.52. The van der Waals surface area contributed by atoms with E-state index in [4.69, 9.17) is 0 Å². The van der Waals surface area contributed by atoms with Crippen LogP contribution < -0.4 is 4.90 Å². The van der Waals surface area contributed by atoms with Crippen molar-refractivity contribution >= 4 is 5.95 Å². The van der Waals surface area contributed by atoms with Crippen LogP contribution in [0.5, 0.6) is 0 Å². The minimum atomic E-state index is 0.782. The first-order valence-electron chi connectivity index (χ1n) is 4.51. The van der Waals surface area contributed by atoms with Crippen LogP contribution in [0.15, 0.2) is 31.1 Å². The van der Waals surface area contributed by atoms with Gasteiger partial charge in [-0.2, -0.15) is 0 Å². The van der Waals surface area contributed by atoms with Crippen molar-refractivity contribution in [2.45, 2.75) is 13.3 Å². The van der Waals surface area contributed by atoms with Crippen LogP contribution in [0.4, 0.5) is 5.95 Å². The monoisotopic (exact) mass is 177 g/mol. The summed E-state index contributed by atoms with van der Waals surface area (Å²) in [6.45, 7) is 7.62. The first-order chi connectivity index (χ1) is 6.38. The van der Waals surface area contributed by atoms with Crippen LogP contribution in [0.1, 0.15) is 13.3 Å². The van der Waals surface area contributed by atoms with Gasteiger partial charge in [-0.05, 0) is 12.5 Å². The Hall–Kier alpha value is -1.38. The smallest absolute Gasteiger partial charge is 0.225 e. The number of hydrogen-bond acceptors (Lipinski definition) is 3. The van der Waals surface area contributed by atoms with E-state index in [1.807, 2.05) is 12.1 Å². The van der Waals surface area contributed by atoms with Crippen molar-refractivity contribution in [2.24, 2.45) is 0 Å². The van der Waals surface area contributed by atoms with Gasteiger partial charge in [-0.3, -0.25) is 0 Å². The van der Waals surface area contributed by atoms with Gasteiger partial charge in [-0.25, -0.2) is 9.97 Å². The maximum atomic E-state index is 4.18. The fourth-order valence-electron chi connectivity index (χ4n) is 1.15. The third-order valence-corrected chi connectivity index (χ3v) is 1.68. The Morgan fingerprint density at radius 1 is 1.46 bits per heavy atom. The van der Waals surface area contributed by atoms with E-state index in [1.54, 1.807) is 12.4 Å². The highest BCUT2D eigenvalue weighted by Crippen LogP contribution is 2.04. The van der Waals surface area contributed by atoms with Gasteiger partial charge in [0.1, 0.15) is 0 Å². The Morgan fingerprint density at radius 2 is 2.15 bits per heavy atom. The Labute approximate surface area is 79.1 Å². The van der Waals surface area contributed by atoms with Crippen molar-refractivity contribution in [2.75, 3.05) is 18.0 Å². The molecule has 0 aliphatic carbocycles. The Bertz CT molecular complexity index is 246. The molecule has 13 heavy (non-hydrogen) atoms. The molecular formula is C10H15N3. The average Bonchev–Trinajstić information content (AvgIpc) is 2.19. The van der Waals surface area contributed by atoms with Crippen LogP contribution in [-0.4, -0.2) is 23.1 Å². The van der Waals surface area contributed by atoms with Gasteiger partial charge in [0.25, 0.3) is 0 Å². The standard InChI is InChI=1S/C10H15N3/c1-3-8-13(9-4-2)10-11-6-5-7-12-10/h3,5-7H,1,4,8-9H2,2H3. The molecule has 0 saturated heterocycles. The van der Waals surface area contributed by atoms with Crippen molar-refractivity contribution in [1.29, 1.82) is 0 Å². The minimum absolute atomic E-state index is 0.782. The summed E-state index contributed by atoms with van der Waals surface area (Å²) in [7, 11) is 0. The summed E-state index contributed by atoms with van der Waals surface area (Å²) in [6, 6.07) is 1.82. The molecular weight excluding hydrogens is 162 g/mol. The molecule has 70 valence electrons. The van der Waals surface area contributed by atoms with Crippen LogP contribution in [0, 0.1) is 0 Å². The summed E-state index contributed by atoms with van der Waals surface area (Å²) in [5.41, 5.74) is 0. The van der Waals surface area contributed by atoms with Crippen molar-refractivity contribution in [3.8, 4) is 0 Å². The summed E-state index contributed by atoms with van der Waals surface area (Å²) < 4.78 is 0. The van der Waals surface area contributed by atoms with Crippen molar-refractivity contribution < 1.29 is 0 Å². The molecule has 0 spiro atoms. The molecule has 1 aromatic rings. The fraction of sp³-hybridized carbons (Fsp3) is 0.400. The van der Waals surface area contributed by atoms with Gasteiger partial charge in [0.15, 0.2) is 0 Å². The average molecular weight is 177 g/mol. The molecule has 3 heteroatoms. The molecule has 0 atom stereocenters. The SMILES string of the molecule is C=CCN(CCC)c1ncccn1. The molecule has 0 bridgehead atoms. The summed E-state index contributed by atoms with van der Waals surface area (Å²) >= 11 is 0. The van der Waals surface area contributed by atoms with Gasteiger partial charge in [0.05, 0.1) is 0 Å². The maximum Gasteiger partial charge on any atom is 0.225 e. The second kappa shape index (κ2) is 5.30. The lowest BCUT2D eigenvalue weighted by atomic mass is 10.4. The molecule has 0 radical (unpaired) electrons. The fourth-order valence-corrected chi connectivity index (χ4v) is 1.15. The largest absolute Gasteiger partial charge is 0.337 e. The Kier molecular flexibility index (Phi) is 3.96. The normalized spacial score (nSPS) is 9.62. The second-order valence-electron chi connectivity index (χ2n) is 2.78. The molecule has 0 aromatic carbocycles.